The number of fused-ring (bicyclic) bond motifs is 1. The number of ether oxygens (including phenoxy) is 1. The molecule has 0 aliphatic carbocycles. The minimum Gasteiger partial charge on any atom is -0.497 e. The first-order chi connectivity index (χ1) is 9.63. The summed E-state index contributed by atoms with van der Waals surface area (Å²) in [4.78, 5) is 6.73. The molecule has 1 aromatic heterocycles. The van der Waals surface area contributed by atoms with Gasteiger partial charge in [0, 0.05) is 35.9 Å². The zero-order chi connectivity index (χ0) is 14.5. The van der Waals surface area contributed by atoms with E-state index in [1.54, 1.807) is 7.11 Å². The first-order valence-electron chi connectivity index (χ1n) is 6.44. The average Bonchev–Trinajstić information content (AvgIpc) is 2.45. The van der Waals surface area contributed by atoms with Crippen molar-refractivity contribution in [2.45, 2.75) is 6.54 Å². The predicted molar refractivity (Wildman–Crippen MR) is 88.0 cm³/mol. The molecule has 0 aliphatic rings. The molecule has 0 spiro atoms. The first kappa shape index (κ1) is 15.4. The number of nitrogens with zero attached hydrogens (tertiary/aromatic N) is 2. The van der Waals surface area contributed by atoms with Crippen LogP contribution in [0.1, 0.15) is 5.56 Å². The fraction of sp³-hybridized carbons (Fsp3) is 0.400. The summed E-state index contributed by atoms with van der Waals surface area (Å²) in [5.74, 6) is 1.91. The van der Waals surface area contributed by atoms with Crippen molar-refractivity contribution >= 4 is 34.3 Å². The molecule has 0 fully saturated rings. The molecule has 0 amide bonds. The number of hydrogen-bond donors (Lipinski definition) is 0. The summed E-state index contributed by atoms with van der Waals surface area (Å²) in [6.07, 6.45) is 2.12. The molecule has 2 aromatic rings. The summed E-state index contributed by atoms with van der Waals surface area (Å²) < 4.78 is 5.21. The number of hydrogen-bond acceptors (Lipinski definition) is 4. The second kappa shape index (κ2) is 7.16. The highest BCUT2D eigenvalue weighted by Gasteiger charge is 2.08. The average molecular weight is 311 g/mol. The van der Waals surface area contributed by atoms with Gasteiger partial charge in [-0.2, -0.15) is 11.8 Å². The van der Waals surface area contributed by atoms with E-state index in [2.05, 4.69) is 29.3 Å². The number of rotatable bonds is 6. The number of thioether (sulfide) groups is 1. The van der Waals surface area contributed by atoms with Gasteiger partial charge in [0.15, 0.2) is 0 Å². The van der Waals surface area contributed by atoms with Crippen LogP contribution in [0.3, 0.4) is 0 Å². The Bertz CT molecular complexity index is 591. The van der Waals surface area contributed by atoms with Crippen LogP contribution in [-0.4, -0.2) is 42.6 Å². The Morgan fingerprint density at radius 1 is 1.35 bits per heavy atom. The lowest BCUT2D eigenvalue weighted by atomic mass is 10.1. The van der Waals surface area contributed by atoms with E-state index in [4.69, 9.17) is 16.3 Å². The van der Waals surface area contributed by atoms with Gasteiger partial charge in [-0.1, -0.05) is 11.6 Å². The van der Waals surface area contributed by atoms with Crippen LogP contribution < -0.4 is 4.74 Å². The van der Waals surface area contributed by atoms with Crippen LogP contribution in [-0.2, 0) is 6.54 Å². The van der Waals surface area contributed by atoms with Gasteiger partial charge in [-0.15, -0.1) is 0 Å². The highest BCUT2D eigenvalue weighted by Crippen LogP contribution is 2.24. The molecule has 0 radical (unpaired) electrons. The molecule has 108 valence electrons. The van der Waals surface area contributed by atoms with Crippen LogP contribution in [0.25, 0.3) is 10.9 Å². The van der Waals surface area contributed by atoms with Crippen molar-refractivity contribution in [3.05, 3.63) is 35.0 Å². The van der Waals surface area contributed by atoms with E-state index >= 15 is 0 Å². The maximum atomic E-state index is 6.29. The molecule has 1 heterocycles. The minimum atomic E-state index is 0.571. The monoisotopic (exact) mass is 310 g/mol. The topological polar surface area (TPSA) is 25.4 Å². The molecule has 0 aliphatic heterocycles. The van der Waals surface area contributed by atoms with Gasteiger partial charge in [-0.3, -0.25) is 0 Å². The normalized spacial score (nSPS) is 11.2. The molecule has 20 heavy (non-hydrogen) atoms. The summed E-state index contributed by atoms with van der Waals surface area (Å²) in [5, 5.41) is 1.66. The molecule has 0 atom stereocenters. The third-order valence-electron chi connectivity index (χ3n) is 3.17. The van der Waals surface area contributed by atoms with Gasteiger partial charge in [0.25, 0.3) is 0 Å². The Balaban J connectivity index is 2.24. The molecular weight excluding hydrogens is 292 g/mol. The van der Waals surface area contributed by atoms with Gasteiger partial charge in [-0.05, 0) is 31.5 Å². The number of aromatic nitrogens is 1. The number of methoxy groups -OCH3 is 1. The first-order valence-corrected chi connectivity index (χ1v) is 8.22. The number of halogens is 1. The van der Waals surface area contributed by atoms with Gasteiger partial charge in [0.05, 0.1) is 12.6 Å². The van der Waals surface area contributed by atoms with Crippen molar-refractivity contribution < 1.29 is 4.74 Å². The third kappa shape index (κ3) is 3.78. The second-order valence-corrected chi connectivity index (χ2v) is 6.07. The van der Waals surface area contributed by atoms with Gasteiger partial charge in [0.2, 0.25) is 0 Å². The van der Waals surface area contributed by atoms with Crippen LogP contribution >= 0.6 is 23.4 Å². The summed E-state index contributed by atoms with van der Waals surface area (Å²) in [6.45, 7) is 1.85. The molecule has 0 bridgehead atoms. The summed E-state index contributed by atoms with van der Waals surface area (Å²) in [6, 6.07) is 7.98. The molecule has 0 N–H and O–H groups in total. The van der Waals surface area contributed by atoms with Gasteiger partial charge in [0.1, 0.15) is 10.9 Å². The fourth-order valence-corrected chi connectivity index (χ4v) is 2.72. The van der Waals surface area contributed by atoms with Gasteiger partial charge < -0.3 is 9.64 Å². The van der Waals surface area contributed by atoms with Crippen LogP contribution in [0.5, 0.6) is 5.75 Å². The van der Waals surface area contributed by atoms with Crippen LogP contribution in [0, 0.1) is 0 Å². The molecule has 0 saturated carbocycles. The summed E-state index contributed by atoms with van der Waals surface area (Å²) in [7, 11) is 3.75. The maximum absolute atomic E-state index is 6.29. The van der Waals surface area contributed by atoms with Crippen molar-refractivity contribution in [2.24, 2.45) is 0 Å². The predicted octanol–water partition coefficient (Wildman–Crippen LogP) is 3.69. The minimum absolute atomic E-state index is 0.571. The standard InChI is InChI=1S/C15H19ClN2OS/c1-18(6-7-20-3)10-12-8-11-4-5-13(19-2)9-14(11)17-15(12)16/h4-5,8-9H,6-7,10H2,1-3H3. The van der Waals surface area contributed by atoms with Crippen LogP contribution in [0.2, 0.25) is 5.15 Å². The SMILES string of the molecule is COc1ccc2cc(CN(C)CCSC)c(Cl)nc2c1. The Morgan fingerprint density at radius 2 is 2.15 bits per heavy atom. The summed E-state index contributed by atoms with van der Waals surface area (Å²) >= 11 is 8.14. The molecule has 1 aromatic carbocycles. The van der Waals surface area contributed by atoms with Crippen molar-refractivity contribution in [1.82, 2.24) is 9.88 Å². The van der Waals surface area contributed by atoms with Crippen molar-refractivity contribution in [2.75, 3.05) is 32.7 Å². The van der Waals surface area contributed by atoms with Gasteiger partial charge in [-0.25, -0.2) is 4.98 Å². The molecule has 5 heteroatoms. The van der Waals surface area contributed by atoms with Gasteiger partial charge >= 0.3 is 0 Å². The van der Waals surface area contributed by atoms with Crippen molar-refractivity contribution in [1.29, 1.82) is 0 Å². The Morgan fingerprint density at radius 3 is 2.85 bits per heavy atom. The second-order valence-electron chi connectivity index (χ2n) is 4.73. The molecule has 3 nitrogen and oxygen atoms in total. The Kier molecular flexibility index (Phi) is 5.52. The van der Waals surface area contributed by atoms with Crippen molar-refractivity contribution in [3.63, 3.8) is 0 Å². The molecule has 2 rings (SSSR count). The lowest BCUT2D eigenvalue weighted by Gasteiger charge is -2.17. The van der Waals surface area contributed by atoms with E-state index in [-0.39, 0.29) is 0 Å². The van der Waals surface area contributed by atoms with E-state index in [0.717, 1.165) is 41.1 Å². The molecule has 0 saturated heterocycles. The maximum Gasteiger partial charge on any atom is 0.134 e. The van der Waals surface area contributed by atoms with E-state index in [0.29, 0.717) is 5.15 Å². The van der Waals surface area contributed by atoms with E-state index in [9.17, 15) is 0 Å². The number of benzene rings is 1. The quantitative estimate of drug-likeness (QED) is 0.760. The van der Waals surface area contributed by atoms with E-state index in [1.165, 1.54) is 0 Å². The molecular formula is C15H19ClN2OS. The Labute approximate surface area is 129 Å². The fourth-order valence-electron chi connectivity index (χ4n) is 2.02. The smallest absolute Gasteiger partial charge is 0.134 e. The lowest BCUT2D eigenvalue weighted by Crippen LogP contribution is -2.21. The Hall–Kier alpha value is -0.970. The summed E-state index contributed by atoms with van der Waals surface area (Å²) in [5.41, 5.74) is 1.93. The lowest BCUT2D eigenvalue weighted by molar-refractivity contribution is 0.348. The molecule has 0 unspecified atom stereocenters. The highest BCUT2D eigenvalue weighted by atomic mass is 35.5. The zero-order valence-corrected chi connectivity index (χ0v) is 13.6. The third-order valence-corrected chi connectivity index (χ3v) is 4.09. The zero-order valence-electron chi connectivity index (χ0n) is 12.0. The van der Waals surface area contributed by atoms with Crippen LogP contribution in [0.15, 0.2) is 24.3 Å². The number of pyridine rings is 1. The van der Waals surface area contributed by atoms with E-state index in [1.807, 2.05) is 30.0 Å². The van der Waals surface area contributed by atoms with E-state index < -0.39 is 0 Å². The van der Waals surface area contributed by atoms with Crippen molar-refractivity contribution in [3.8, 4) is 5.75 Å². The largest absolute Gasteiger partial charge is 0.497 e. The highest BCUT2D eigenvalue weighted by molar-refractivity contribution is 7.98. The van der Waals surface area contributed by atoms with Crippen LogP contribution in [0.4, 0.5) is 0 Å².